The normalized spacial score (nSPS) is 24.5. The Kier molecular flexibility index (Phi) is 3.49. The van der Waals surface area contributed by atoms with Crippen molar-refractivity contribution in [3.63, 3.8) is 0 Å². The molecule has 1 amide bonds. The number of hydrogen-bond donors (Lipinski definition) is 2. The lowest BCUT2D eigenvalue weighted by Crippen LogP contribution is -2.64. The number of carbonyl (C=O) groups excluding carboxylic acids is 1. The fourth-order valence-corrected chi connectivity index (χ4v) is 2.26. The Bertz CT molecular complexity index is 484. The summed E-state index contributed by atoms with van der Waals surface area (Å²) in [6.07, 6.45) is 2.48. The van der Waals surface area contributed by atoms with Gasteiger partial charge in [0.15, 0.2) is 0 Å². The van der Waals surface area contributed by atoms with Crippen molar-refractivity contribution >= 4 is 11.6 Å². The maximum Gasteiger partial charge on any atom is 0.270 e. The van der Waals surface area contributed by atoms with E-state index >= 15 is 0 Å². The molecule has 19 heavy (non-hydrogen) atoms. The second-order valence-corrected chi connectivity index (χ2v) is 5.98. The lowest BCUT2D eigenvalue weighted by atomic mass is 9.63. The third-order valence-corrected chi connectivity index (χ3v) is 4.14. The predicted molar refractivity (Wildman–Crippen MR) is 76.2 cm³/mol. The van der Waals surface area contributed by atoms with Crippen molar-refractivity contribution in [2.45, 2.75) is 32.4 Å². The van der Waals surface area contributed by atoms with Crippen molar-refractivity contribution in [1.29, 1.82) is 0 Å². The summed E-state index contributed by atoms with van der Waals surface area (Å²) < 4.78 is 0. The Hall–Kier alpha value is -1.62. The van der Waals surface area contributed by atoms with E-state index in [1.54, 1.807) is 12.3 Å². The number of rotatable bonds is 3. The first-order valence-electron chi connectivity index (χ1n) is 6.52. The first-order valence-corrected chi connectivity index (χ1v) is 6.52. The molecule has 1 aliphatic carbocycles. The van der Waals surface area contributed by atoms with Gasteiger partial charge in [-0.2, -0.15) is 0 Å². The van der Waals surface area contributed by atoms with Gasteiger partial charge in [-0.1, -0.05) is 13.8 Å². The van der Waals surface area contributed by atoms with Crippen LogP contribution in [0.5, 0.6) is 0 Å². The second kappa shape index (κ2) is 4.81. The number of pyridine rings is 1. The van der Waals surface area contributed by atoms with Gasteiger partial charge in [-0.3, -0.25) is 9.78 Å². The smallest absolute Gasteiger partial charge is 0.270 e. The summed E-state index contributed by atoms with van der Waals surface area (Å²) in [5, 5.41) is 3.02. The van der Waals surface area contributed by atoms with Crippen LogP contribution in [0.15, 0.2) is 18.3 Å². The minimum atomic E-state index is -0.131. The molecule has 2 rings (SSSR count). The third-order valence-electron chi connectivity index (χ3n) is 4.14. The van der Waals surface area contributed by atoms with Crippen LogP contribution in [0.3, 0.4) is 0 Å². The number of carbonyl (C=O) groups is 1. The highest BCUT2D eigenvalue weighted by atomic mass is 16.2. The van der Waals surface area contributed by atoms with Crippen LogP contribution in [0.1, 0.15) is 30.8 Å². The van der Waals surface area contributed by atoms with Gasteiger partial charge in [0, 0.05) is 43.5 Å². The molecule has 0 saturated heterocycles. The molecule has 0 radical (unpaired) electrons. The van der Waals surface area contributed by atoms with Crippen molar-refractivity contribution in [1.82, 2.24) is 10.3 Å². The Morgan fingerprint density at radius 3 is 2.74 bits per heavy atom. The van der Waals surface area contributed by atoms with Crippen molar-refractivity contribution in [2.24, 2.45) is 11.1 Å². The molecule has 1 aromatic heterocycles. The lowest BCUT2D eigenvalue weighted by Gasteiger charge is -2.50. The fourth-order valence-electron chi connectivity index (χ4n) is 2.26. The van der Waals surface area contributed by atoms with Crippen LogP contribution in [-0.4, -0.2) is 37.1 Å². The third kappa shape index (κ3) is 2.56. The van der Waals surface area contributed by atoms with Gasteiger partial charge in [0.1, 0.15) is 5.69 Å². The number of aromatic nitrogens is 1. The molecule has 1 heterocycles. The molecule has 0 bridgehead atoms. The summed E-state index contributed by atoms with van der Waals surface area (Å²) in [6, 6.07) is 3.94. The van der Waals surface area contributed by atoms with E-state index in [-0.39, 0.29) is 23.4 Å². The van der Waals surface area contributed by atoms with Crippen LogP contribution in [0.25, 0.3) is 0 Å². The van der Waals surface area contributed by atoms with E-state index in [1.807, 2.05) is 25.1 Å². The Morgan fingerprint density at radius 1 is 1.53 bits per heavy atom. The largest absolute Gasteiger partial charge is 0.378 e. The second-order valence-electron chi connectivity index (χ2n) is 5.98. The summed E-state index contributed by atoms with van der Waals surface area (Å²) in [4.78, 5) is 18.3. The molecule has 104 valence electrons. The van der Waals surface area contributed by atoms with Crippen molar-refractivity contribution in [3.05, 3.63) is 24.0 Å². The van der Waals surface area contributed by atoms with Crippen molar-refractivity contribution < 1.29 is 4.79 Å². The van der Waals surface area contributed by atoms with Gasteiger partial charge < -0.3 is 16.0 Å². The standard InChI is InChI=1S/C14H22N4O/c1-14(2)11(15)8-12(14)17-13(19)10-7-9(18(3)4)5-6-16-10/h5-7,11-12H,8,15H2,1-4H3,(H,17,19). The monoisotopic (exact) mass is 262 g/mol. The quantitative estimate of drug-likeness (QED) is 0.852. The molecular formula is C14H22N4O. The molecule has 5 nitrogen and oxygen atoms in total. The number of anilines is 1. The Morgan fingerprint density at radius 2 is 2.21 bits per heavy atom. The van der Waals surface area contributed by atoms with Gasteiger partial charge in [0.25, 0.3) is 5.91 Å². The Labute approximate surface area is 114 Å². The van der Waals surface area contributed by atoms with E-state index in [0.29, 0.717) is 5.69 Å². The SMILES string of the molecule is CN(C)c1ccnc(C(=O)NC2CC(N)C2(C)C)c1. The number of nitrogens with one attached hydrogen (secondary N) is 1. The fraction of sp³-hybridized carbons (Fsp3) is 0.571. The molecule has 0 aromatic carbocycles. The van der Waals surface area contributed by atoms with Crippen LogP contribution in [-0.2, 0) is 0 Å². The van der Waals surface area contributed by atoms with E-state index in [2.05, 4.69) is 24.1 Å². The molecule has 1 aliphatic rings. The van der Waals surface area contributed by atoms with Gasteiger partial charge in [-0.15, -0.1) is 0 Å². The molecule has 0 spiro atoms. The predicted octanol–water partition coefficient (Wildman–Crippen LogP) is 1.00. The summed E-state index contributed by atoms with van der Waals surface area (Å²) in [6.45, 7) is 4.16. The van der Waals surface area contributed by atoms with Crippen molar-refractivity contribution in [2.75, 3.05) is 19.0 Å². The van der Waals surface area contributed by atoms with Crippen LogP contribution < -0.4 is 16.0 Å². The van der Waals surface area contributed by atoms with Gasteiger partial charge in [-0.25, -0.2) is 0 Å². The molecule has 1 saturated carbocycles. The maximum absolute atomic E-state index is 12.2. The number of hydrogen-bond acceptors (Lipinski definition) is 4. The first-order chi connectivity index (χ1) is 8.82. The van der Waals surface area contributed by atoms with Gasteiger partial charge in [-0.05, 0) is 18.6 Å². The highest BCUT2D eigenvalue weighted by Crippen LogP contribution is 2.39. The average Bonchev–Trinajstić information content (AvgIpc) is 2.38. The number of nitrogens with two attached hydrogens (primary N) is 1. The summed E-state index contributed by atoms with van der Waals surface area (Å²) >= 11 is 0. The van der Waals surface area contributed by atoms with E-state index < -0.39 is 0 Å². The molecular weight excluding hydrogens is 240 g/mol. The molecule has 2 unspecified atom stereocenters. The minimum absolute atomic E-state index is 0.0468. The van der Waals surface area contributed by atoms with Gasteiger partial charge >= 0.3 is 0 Å². The van der Waals surface area contributed by atoms with Crippen LogP contribution in [0.2, 0.25) is 0 Å². The van der Waals surface area contributed by atoms with E-state index in [4.69, 9.17) is 5.73 Å². The summed E-state index contributed by atoms with van der Waals surface area (Å²) in [7, 11) is 3.87. The zero-order chi connectivity index (χ0) is 14.2. The molecule has 1 aromatic rings. The molecule has 2 atom stereocenters. The summed E-state index contributed by atoms with van der Waals surface area (Å²) in [5.41, 5.74) is 7.31. The van der Waals surface area contributed by atoms with E-state index in [9.17, 15) is 4.79 Å². The zero-order valence-corrected chi connectivity index (χ0v) is 12.0. The average molecular weight is 262 g/mol. The molecule has 5 heteroatoms. The molecule has 1 fully saturated rings. The number of nitrogens with zero attached hydrogens (tertiary/aromatic N) is 2. The zero-order valence-electron chi connectivity index (χ0n) is 12.0. The molecule has 3 N–H and O–H groups in total. The topological polar surface area (TPSA) is 71.2 Å². The molecule has 0 aliphatic heterocycles. The van der Waals surface area contributed by atoms with E-state index in [1.165, 1.54) is 0 Å². The maximum atomic E-state index is 12.2. The van der Waals surface area contributed by atoms with Gasteiger partial charge in [0.05, 0.1) is 0 Å². The van der Waals surface area contributed by atoms with Crippen molar-refractivity contribution in [3.8, 4) is 0 Å². The van der Waals surface area contributed by atoms with Gasteiger partial charge in [0.2, 0.25) is 0 Å². The number of amides is 1. The van der Waals surface area contributed by atoms with Crippen LogP contribution in [0, 0.1) is 5.41 Å². The Balaban J connectivity index is 2.07. The van der Waals surface area contributed by atoms with Crippen LogP contribution in [0.4, 0.5) is 5.69 Å². The highest BCUT2D eigenvalue weighted by molar-refractivity contribution is 5.93. The summed E-state index contributed by atoms with van der Waals surface area (Å²) in [5.74, 6) is -0.131. The van der Waals surface area contributed by atoms with Crippen LogP contribution >= 0.6 is 0 Å². The highest BCUT2D eigenvalue weighted by Gasteiger charge is 2.46. The minimum Gasteiger partial charge on any atom is -0.378 e. The first kappa shape index (κ1) is 13.8. The van der Waals surface area contributed by atoms with E-state index in [0.717, 1.165) is 12.1 Å². The lowest BCUT2D eigenvalue weighted by molar-refractivity contribution is 0.0583.